The van der Waals surface area contributed by atoms with E-state index in [4.69, 9.17) is 4.42 Å². The van der Waals surface area contributed by atoms with Crippen molar-refractivity contribution in [2.45, 2.75) is 38.8 Å². The van der Waals surface area contributed by atoms with E-state index in [-0.39, 0.29) is 0 Å². The molecule has 0 spiro atoms. The average molecular weight is 315 g/mol. The predicted molar refractivity (Wildman–Crippen MR) is 77.6 cm³/mol. The van der Waals surface area contributed by atoms with Crippen LogP contribution in [-0.2, 0) is 0 Å². The van der Waals surface area contributed by atoms with E-state index in [0.717, 1.165) is 23.3 Å². The first-order chi connectivity index (χ1) is 8.65. The molecule has 1 fully saturated rings. The van der Waals surface area contributed by atoms with Crippen LogP contribution in [-0.4, -0.2) is 31.1 Å². The van der Waals surface area contributed by atoms with Gasteiger partial charge in [-0.3, -0.25) is 4.90 Å². The lowest BCUT2D eigenvalue weighted by molar-refractivity contribution is 0.0491. The van der Waals surface area contributed by atoms with Crippen LogP contribution in [0.1, 0.15) is 38.5 Å². The highest BCUT2D eigenvalue weighted by Crippen LogP contribution is 2.40. The highest BCUT2D eigenvalue weighted by Gasteiger charge is 2.36. The summed E-state index contributed by atoms with van der Waals surface area (Å²) >= 11 is 3.62. The van der Waals surface area contributed by atoms with Crippen LogP contribution in [0, 0.1) is 5.92 Å². The van der Waals surface area contributed by atoms with Gasteiger partial charge >= 0.3 is 0 Å². The number of furan rings is 1. The normalized spacial score (nSPS) is 25.8. The Morgan fingerprint density at radius 3 is 2.89 bits per heavy atom. The van der Waals surface area contributed by atoms with Gasteiger partial charge in [0.25, 0.3) is 0 Å². The number of likely N-dealkylation sites (tertiary alicyclic amines) is 1. The summed E-state index contributed by atoms with van der Waals surface area (Å²) in [4.78, 5) is 2.56. The fourth-order valence-electron chi connectivity index (χ4n) is 3.04. The smallest absolute Gasteiger partial charge is 0.135 e. The van der Waals surface area contributed by atoms with E-state index in [1.165, 1.54) is 12.8 Å². The molecule has 18 heavy (non-hydrogen) atoms. The van der Waals surface area contributed by atoms with Crippen molar-refractivity contribution in [2.24, 2.45) is 5.92 Å². The van der Waals surface area contributed by atoms with Crippen LogP contribution in [0.15, 0.2) is 21.2 Å². The van der Waals surface area contributed by atoms with Crippen molar-refractivity contribution < 1.29 is 4.42 Å². The molecule has 3 nitrogen and oxygen atoms in total. The monoisotopic (exact) mass is 314 g/mol. The number of nitrogens with one attached hydrogen (secondary N) is 1. The Hall–Kier alpha value is -0.320. The molecule has 2 atom stereocenters. The van der Waals surface area contributed by atoms with Gasteiger partial charge in [0.05, 0.1) is 16.8 Å². The number of rotatable bonds is 4. The molecule has 1 aromatic rings. The van der Waals surface area contributed by atoms with Crippen LogP contribution in [0.3, 0.4) is 0 Å². The standard InChI is InChI=1S/C14H23BrN2O/c1-10(2)17-7-4-5-11(9-16-3)13(17)14-12(15)6-8-18-14/h6,8,10-11,13,16H,4-5,7,9H2,1-3H3. The largest absolute Gasteiger partial charge is 0.466 e. The molecule has 0 saturated carbocycles. The van der Waals surface area contributed by atoms with Crippen molar-refractivity contribution >= 4 is 15.9 Å². The summed E-state index contributed by atoms with van der Waals surface area (Å²) in [5.41, 5.74) is 0. The SMILES string of the molecule is CNCC1CCCN(C(C)C)C1c1occc1Br. The Morgan fingerprint density at radius 1 is 1.56 bits per heavy atom. The third kappa shape index (κ3) is 2.81. The lowest BCUT2D eigenvalue weighted by Crippen LogP contribution is -2.45. The molecule has 0 aromatic carbocycles. The molecule has 0 bridgehead atoms. The molecule has 1 aromatic heterocycles. The van der Waals surface area contributed by atoms with Gasteiger partial charge in [-0.15, -0.1) is 0 Å². The summed E-state index contributed by atoms with van der Waals surface area (Å²) in [6, 6.07) is 2.93. The number of piperidine rings is 1. The zero-order valence-electron chi connectivity index (χ0n) is 11.4. The molecular formula is C14H23BrN2O. The van der Waals surface area contributed by atoms with Crippen LogP contribution >= 0.6 is 15.9 Å². The van der Waals surface area contributed by atoms with Gasteiger partial charge in [-0.25, -0.2) is 0 Å². The lowest BCUT2D eigenvalue weighted by atomic mass is 9.86. The molecule has 0 aliphatic carbocycles. The lowest BCUT2D eigenvalue weighted by Gasteiger charge is -2.42. The van der Waals surface area contributed by atoms with E-state index < -0.39 is 0 Å². The minimum absolute atomic E-state index is 0.385. The van der Waals surface area contributed by atoms with Gasteiger partial charge in [0.1, 0.15) is 5.76 Å². The average Bonchev–Trinajstić information content (AvgIpc) is 2.75. The molecule has 1 aliphatic heterocycles. The highest BCUT2D eigenvalue weighted by molar-refractivity contribution is 9.10. The Labute approximate surface area is 118 Å². The molecule has 1 aliphatic rings. The second-order valence-electron chi connectivity index (χ2n) is 5.37. The molecule has 4 heteroatoms. The van der Waals surface area contributed by atoms with E-state index in [1.807, 2.05) is 13.1 Å². The van der Waals surface area contributed by atoms with E-state index in [0.29, 0.717) is 18.0 Å². The van der Waals surface area contributed by atoms with Gasteiger partial charge in [0.2, 0.25) is 0 Å². The van der Waals surface area contributed by atoms with E-state index in [2.05, 4.69) is 40.0 Å². The number of halogens is 1. The molecule has 2 rings (SSSR count). The Balaban J connectivity index is 2.29. The first kappa shape index (κ1) is 14.1. The van der Waals surface area contributed by atoms with Gasteiger partial charge in [-0.05, 0) is 74.7 Å². The van der Waals surface area contributed by atoms with Crippen molar-refractivity contribution in [1.82, 2.24) is 10.2 Å². The molecular weight excluding hydrogens is 292 g/mol. The molecule has 1 N–H and O–H groups in total. The molecule has 2 unspecified atom stereocenters. The minimum atomic E-state index is 0.385. The fraction of sp³-hybridized carbons (Fsp3) is 0.714. The van der Waals surface area contributed by atoms with Crippen molar-refractivity contribution in [2.75, 3.05) is 20.1 Å². The van der Waals surface area contributed by atoms with Crippen molar-refractivity contribution in [3.05, 3.63) is 22.6 Å². The minimum Gasteiger partial charge on any atom is -0.466 e. The summed E-state index contributed by atoms with van der Waals surface area (Å²) < 4.78 is 6.84. The van der Waals surface area contributed by atoms with E-state index in [9.17, 15) is 0 Å². The number of hydrogen-bond donors (Lipinski definition) is 1. The Kier molecular flexibility index (Phi) is 4.87. The molecule has 0 amide bonds. The molecule has 102 valence electrons. The van der Waals surface area contributed by atoms with Crippen LogP contribution in [0.25, 0.3) is 0 Å². The maximum Gasteiger partial charge on any atom is 0.135 e. The Bertz CT molecular complexity index is 376. The first-order valence-corrected chi connectivity index (χ1v) is 7.57. The summed E-state index contributed by atoms with van der Waals surface area (Å²) in [6.07, 6.45) is 4.32. The first-order valence-electron chi connectivity index (χ1n) is 6.78. The third-order valence-corrected chi connectivity index (χ3v) is 4.49. The molecule has 2 heterocycles. The Morgan fingerprint density at radius 2 is 2.33 bits per heavy atom. The van der Waals surface area contributed by atoms with Crippen LogP contribution in [0.5, 0.6) is 0 Å². The van der Waals surface area contributed by atoms with Crippen LogP contribution in [0.4, 0.5) is 0 Å². The van der Waals surface area contributed by atoms with Crippen LogP contribution in [0.2, 0.25) is 0 Å². The quantitative estimate of drug-likeness (QED) is 0.923. The van der Waals surface area contributed by atoms with E-state index >= 15 is 0 Å². The number of nitrogens with zero attached hydrogens (tertiary/aromatic N) is 1. The van der Waals surface area contributed by atoms with Crippen molar-refractivity contribution in [1.29, 1.82) is 0 Å². The second kappa shape index (κ2) is 6.22. The summed E-state index contributed by atoms with van der Waals surface area (Å²) in [6.45, 7) is 6.74. The predicted octanol–water partition coefficient (Wildman–Crippen LogP) is 3.42. The van der Waals surface area contributed by atoms with Crippen molar-refractivity contribution in [3.8, 4) is 0 Å². The van der Waals surface area contributed by atoms with Crippen LogP contribution < -0.4 is 5.32 Å². The summed E-state index contributed by atoms with van der Waals surface area (Å²) in [5.74, 6) is 1.71. The van der Waals surface area contributed by atoms with Gasteiger partial charge in [-0.1, -0.05) is 0 Å². The zero-order chi connectivity index (χ0) is 13.1. The van der Waals surface area contributed by atoms with Gasteiger partial charge in [0, 0.05) is 6.04 Å². The second-order valence-corrected chi connectivity index (χ2v) is 6.22. The highest BCUT2D eigenvalue weighted by atomic mass is 79.9. The van der Waals surface area contributed by atoms with E-state index in [1.54, 1.807) is 6.26 Å². The molecule has 0 radical (unpaired) electrons. The van der Waals surface area contributed by atoms with Gasteiger partial charge in [0.15, 0.2) is 0 Å². The fourth-order valence-corrected chi connectivity index (χ4v) is 3.48. The maximum atomic E-state index is 5.74. The van der Waals surface area contributed by atoms with Crippen molar-refractivity contribution in [3.63, 3.8) is 0 Å². The summed E-state index contributed by atoms with van der Waals surface area (Å²) in [7, 11) is 2.03. The summed E-state index contributed by atoms with van der Waals surface area (Å²) in [5, 5.41) is 3.32. The number of hydrogen-bond acceptors (Lipinski definition) is 3. The van der Waals surface area contributed by atoms with Gasteiger partial charge < -0.3 is 9.73 Å². The topological polar surface area (TPSA) is 28.4 Å². The van der Waals surface area contributed by atoms with Gasteiger partial charge in [-0.2, -0.15) is 0 Å². The zero-order valence-corrected chi connectivity index (χ0v) is 13.0. The third-order valence-electron chi connectivity index (χ3n) is 3.84. The molecule has 1 saturated heterocycles. The maximum absolute atomic E-state index is 5.74.